The van der Waals surface area contributed by atoms with Gasteiger partial charge in [0.15, 0.2) is 0 Å². The highest BCUT2D eigenvalue weighted by molar-refractivity contribution is 7.88. The minimum atomic E-state index is -1.11. The smallest absolute Gasteiger partial charge is 0.0787 e. The van der Waals surface area contributed by atoms with Crippen molar-refractivity contribution in [1.29, 1.82) is 0 Å². The van der Waals surface area contributed by atoms with E-state index in [4.69, 9.17) is 11.6 Å². The summed E-state index contributed by atoms with van der Waals surface area (Å²) in [6, 6.07) is 7.14. The number of allylic oxidation sites excluding steroid dienone is 1. The lowest BCUT2D eigenvalue weighted by atomic mass is 10.4. The molecule has 0 amide bonds. The van der Waals surface area contributed by atoms with Gasteiger partial charge in [0, 0.05) is 5.41 Å². The van der Waals surface area contributed by atoms with E-state index in [1.54, 1.807) is 23.6 Å². The fraction of sp³-hybridized carbons (Fsp3) is 0.111. The number of hydrogen-bond donors (Lipinski definition) is 0. The van der Waals surface area contributed by atoms with E-state index in [9.17, 15) is 4.21 Å². The number of rotatable bonds is 2. The molecule has 0 spiro atoms. The Hall–Kier alpha value is -0.600. The number of halogens is 1. The van der Waals surface area contributed by atoms with Gasteiger partial charge in [-0.05, 0) is 19.1 Å². The van der Waals surface area contributed by atoms with Crippen molar-refractivity contribution in [1.82, 2.24) is 0 Å². The van der Waals surface area contributed by atoms with Crippen LogP contribution in [0.25, 0.3) is 0 Å². The summed E-state index contributed by atoms with van der Waals surface area (Å²) in [7, 11) is -1.11. The Morgan fingerprint density at radius 2 is 2.08 bits per heavy atom. The van der Waals surface area contributed by atoms with Gasteiger partial charge in [0.05, 0.1) is 20.7 Å². The molecule has 12 heavy (non-hydrogen) atoms. The summed E-state index contributed by atoms with van der Waals surface area (Å²) in [6.07, 6.45) is 1.75. The molecular formula is C9H9ClOS. The molecule has 0 aromatic heterocycles. The van der Waals surface area contributed by atoms with Crippen LogP contribution in [0.1, 0.15) is 6.92 Å². The van der Waals surface area contributed by atoms with Crippen LogP contribution in [-0.4, -0.2) is 4.21 Å². The van der Waals surface area contributed by atoms with Crippen molar-refractivity contribution in [3.05, 3.63) is 40.8 Å². The summed E-state index contributed by atoms with van der Waals surface area (Å²) in [5.74, 6) is 0. The van der Waals surface area contributed by atoms with E-state index in [1.807, 2.05) is 19.1 Å². The van der Waals surface area contributed by atoms with Crippen LogP contribution in [0.3, 0.4) is 0 Å². The van der Waals surface area contributed by atoms with E-state index in [0.717, 1.165) is 0 Å². The second-order valence-electron chi connectivity index (χ2n) is 2.20. The zero-order valence-electron chi connectivity index (χ0n) is 6.66. The van der Waals surface area contributed by atoms with Crippen LogP contribution in [0.15, 0.2) is 40.6 Å². The molecule has 3 heteroatoms. The van der Waals surface area contributed by atoms with Crippen LogP contribution in [0.5, 0.6) is 0 Å². The highest BCUT2D eigenvalue weighted by Crippen LogP contribution is 2.19. The summed E-state index contributed by atoms with van der Waals surface area (Å²) in [5.41, 5.74) is 0. The van der Waals surface area contributed by atoms with Gasteiger partial charge >= 0.3 is 0 Å². The topological polar surface area (TPSA) is 17.1 Å². The maximum Gasteiger partial charge on any atom is 0.0787 e. The zero-order chi connectivity index (χ0) is 8.97. The first-order valence-corrected chi connectivity index (χ1v) is 5.12. The first kappa shape index (κ1) is 9.49. The van der Waals surface area contributed by atoms with E-state index in [0.29, 0.717) is 9.92 Å². The van der Waals surface area contributed by atoms with Crippen LogP contribution in [0.4, 0.5) is 0 Å². The Morgan fingerprint density at radius 1 is 1.42 bits per heavy atom. The molecule has 0 N–H and O–H groups in total. The number of benzene rings is 1. The second kappa shape index (κ2) is 4.43. The van der Waals surface area contributed by atoms with E-state index in [1.165, 1.54) is 0 Å². The highest BCUT2D eigenvalue weighted by atomic mass is 35.5. The molecule has 0 aliphatic carbocycles. The number of hydrogen-bond acceptors (Lipinski definition) is 1. The normalized spacial score (nSPS) is 13.5. The monoisotopic (exact) mass is 200 g/mol. The Labute approximate surface area is 79.5 Å². The van der Waals surface area contributed by atoms with Gasteiger partial charge in [0.1, 0.15) is 0 Å². The summed E-state index contributed by atoms with van der Waals surface area (Å²) in [5, 5.41) is 2.16. The molecule has 1 aromatic rings. The first-order valence-electron chi connectivity index (χ1n) is 3.53. The lowest BCUT2D eigenvalue weighted by Crippen LogP contribution is -1.86. The summed E-state index contributed by atoms with van der Waals surface area (Å²) >= 11 is 5.83. The molecular weight excluding hydrogens is 192 g/mol. The van der Waals surface area contributed by atoms with Crippen LogP contribution in [0.2, 0.25) is 5.02 Å². The van der Waals surface area contributed by atoms with Crippen molar-refractivity contribution in [2.24, 2.45) is 0 Å². The van der Waals surface area contributed by atoms with Gasteiger partial charge in [-0.25, -0.2) is 4.21 Å². The fourth-order valence-corrected chi connectivity index (χ4v) is 2.04. The third-order valence-corrected chi connectivity index (χ3v) is 3.06. The molecule has 1 atom stereocenters. The van der Waals surface area contributed by atoms with E-state index in [-0.39, 0.29) is 0 Å². The average Bonchev–Trinajstić information content (AvgIpc) is 2.05. The van der Waals surface area contributed by atoms with Crippen molar-refractivity contribution in [2.45, 2.75) is 11.8 Å². The molecule has 0 bridgehead atoms. The molecule has 1 unspecified atom stereocenters. The molecule has 1 aromatic carbocycles. The summed E-state index contributed by atoms with van der Waals surface area (Å²) in [4.78, 5) is 0.664. The molecule has 64 valence electrons. The van der Waals surface area contributed by atoms with Crippen LogP contribution in [0, 0.1) is 0 Å². The Balaban J connectivity index is 3.03. The van der Waals surface area contributed by atoms with Crippen molar-refractivity contribution in [3.63, 3.8) is 0 Å². The standard InChI is InChI=1S/C9H9ClOS/c1-2-7-12(11)9-6-4-3-5-8(9)10/h2-7H,1H3/b7-2+. The maximum atomic E-state index is 11.4. The third kappa shape index (κ3) is 2.19. The summed E-state index contributed by atoms with van der Waals surface area (Å²) < 4.78 is 11.4. The molecule has 0 heterocycles. The summed E-state index contributed by atoms with van der Waals surface area (Å²) in [6.45, 7) is 1.83. The van der Waals surface area contributed by atoms with Gasteiger partial charge in [-0.1, -0.05) is 29.8 Å². The molecule has 0 saturated carbocycles. The highest BCUT2D eigenvalue weighted by Gasteiger charge is 2.02. The molecule has 1 nitrogen and oxygen atoms in total. The predicted molar refractivity (Wildman–Crippen MR) is 52.7 cm³/mol. The van der Waals surface area contributed by atoms with Crippen molar-refractivity contribution < 1.29 is 4.21 Å². The van der Waals surface area contributed by atoms with Gasteiger partial charge in [-0.3, -0.25) is 0 Å². The lowest BCUT2D eigenvalue weighted by Gasteiger charge is -1.97. The average molecular weight is 201 g/mol. The van der Waals surface area contributed by atoms with Gasteiger partial charge in [0.2, 0.25) is 0 Å². The van der Waals surface area contributed by atoms with E-state index < -0.39 is 10.8 Å². The van der Waals surface area contributed by atoms with Crippen LogP contribution >= 0.6 is 11.6 Å². The molecule has 0 radical (unpaired) electrons. The van der Waals surface area contributed by atoms with Gasteiger partial charge < -0.3 is 0 Å². The second-order valence-corrected chi connectivity index (χ2v) is 3.91. The zero-order valence-corrected chi connectivity index (χ0v) is 8.23. The third-order valence-electron chi connectivity index (χ3n) is 1.31. The van der Waals surface area contributed by atoms with Gasteiger partial charge in [0.25, 0.3) is 0 Å². The molecule has 0 fully saturated rings. The molecule has 0 aliphatic heterocycles. The largest absolute Gasteiger partial charge is 0.250 e. The fourth-order valence-electron chi connectivity index (χ4n) is 0.805. The van der Waals surface area contributed by atoms with Crippen molar-refractivity contribution >= 4 is 22.4 Å². The quantitative estimate of drug-likeness (QED) is 0.718. The molecule has 0 saturated heterocycles. The molecule has 1 rings (SSSR count). The van der Waals surface area contributed by atoms with Gasteiger partial charge in [-0.2, -0.15) is 0 Å². The first-order chi connectivity index (χ1) is 5.75. The molecule has 0 aliphatic rings. The maximum absolute atomic E-state index is 11.4. The van der Waals surface area contributed by atoms with E-state index in [2.05, 4.69) is 0 Å². The van der Waals surface area contributed by atoms with Crippen molar-refractivity contribution in [3.8, 4) is 0 Å². The van der Waals surface area contributed by atoms with Gasteiger partial charge in [-0.15, -0.1) is 0 Å². The minimum Gasteiger partial charge on any atom is -0.250 e. The Kier molecular flexibility index (Phi) is 3.50. The Bertz CT molecular complexity index is 320. The SMILES string of the molecule is C/C=C/S(=O)c1ccccc1Cl. The lowest BCUT2D eigenvalue weighted by molar-refractivity contribution is 0.688. The van der Waals surface area contributed by atoms with Crippen molar-refractivity contribution in [2.75, 3.05) is 0 Å². The predicted octanol–water partition coefficient (Wildman–Crippen LogP) is 2.98. The minimum absolute atomic E-state index is 0.550. The Morgan fingerprint density at radius 3 is 2.67 bits per heavy atom. The van der Waals surface area contributed by atoms with Crippen LogP contribution < -0.4 is 0 Å². The van der Waals surface area contributed by atoms with Crippen LogP contribution in [-0.2, 0) is 10.8 Å². The van der Waals surface area contributed by atoms with E-state index >= 15 is 0 Å².